The van der Waals surface area contributed by atoms with Crippen molar-refractivity contribution in [3.63, 3.8) is 0 Å². The van der Waals surface area contributed by atoms with Crippen LogP contribution in [0.15, 0.2) is 0 Å². The Bertz CT molecular complexity index is 157. The van der Waals surface area contributed by atoms with Gasteiger partial charge in [-0.05, 0) is 25.3 Å². The summed E-state index contributed by atoms with van der Waals surface area (Å²) in [5, 5.41) is 3.57. The summed E-state index contributed by atoms with van der Waals surface area (Å²) < 4.78 is 0. The van der Waals surface area contributed by atoms with Crippen LogP contribution in [0.1, 0.15) is 46.5 Å². The Hall–Kier alpha value is -0.0800. The smallest absolute Gasteiger partial charge is 0.0192 e. The van der Waals surface area contributed by atoms with Gasteiger partial charge in [-0.25, -0.2) is 0 Å². The summed E-state index contributed by atoms with van der Waals surface area (Å²) in [6.45, 7) is 11.9. The lowest BCUT2D eigenvalue weighted by Gasteiger charge is -2.33. The molecule has 15 heavy (non-hydrogen) atoms. The van der Waals surface area contributed by atoms with Crippen molar-refractivity contribution in [2.45, 2.75) is 52.5 Å². The monoisotopic (exact) mass is 212 g/mol. The van der Waals surface area contributed by atoms with Gasteiger partial charge in [0, 0.05) is 25.7 Å². The molecule has 90 valence electrons. The molecule has 2 heteroatoms. The molecule has 0 aromatic heterocycles. The van der Waals surface area contributed by atoms with Crippen molar-refractivity contribution >= 4 is 0 Å². The van der Waals surface area contributed by atoms with Gasteiger partial charge in [0.2, 0.25) is 0 Å². The third kappa shape index (κ3) is 5.53. The zero-order valence-electron chi connectivity index (χ0n) is 10.8. The Morgan fingerprint density at radius 2 is 2.13 bits per heavy atom. The Balaban J connectivity index is 2.05. The summed E-state index contributed by atoms with van der Waals surface area (Å²) in [7, 11) is 0. The summed E-state index contributed by atoms with van der Waals surface area (Å²) in [6.07, 6.45) is 5.44. The first-order valence-electron chi connectivity index (χ1n) is 6.68. The van der Waals surface area contributed by atoms with Crippen LogP contribution in [0.3, 0.4) is 0 Å². The van der Waals surface area contributed by atoms with Crippen LogP contribution in [0.4, 0.5) is 0 Å². The standard InChI is InChI=1S/C13H28N2/c1-4-13-11-15(10-8-14-13)9-6-5-7-12(2)3/h12-14H,4-11H2,1-3H3. The molecule has 1 fully saturated rings. The van der Waals surface area contributed by atoms with Crippen LogP contribution in [0.25, 0.3) is 0 Å². The van der Waals surface area contributed by atoms with Gasteiger partial charge in [0.25, 0.3) is 0 Å². The molecule has 1 aliphatic rings. The van der Waals surface area contributed by atoms with Gasteiger partial charge >= 0.3 is 0 Å². The van der Waals surface area contributed by atoms with Gasteiger partial charge in [-0.2, -0.15) is 0 Å². The molecule has 1 rings (SSSR count). The van der Waals surface area contributed by atoms with E-state index in [9.17, 15) is 0 Å². The van der Waals surface area contributed by atoms with Gasteiger partial charge in [-0.15, -0.1) is 0 Å². The van der Waals surface area contributed by atoms with Crippen LogP contribution in [0, 0.1) is 5.92 Å². The van der Waals surface area contributed by atoms with Crippen LogP contribution >= 0.6 is 0 Å². The Morgan fingerprint density at radius 1 is 1.33 bits per heavy atom. The number of nitrogens with zero attached hydrogens (tertiary/aromatic N) is 1. The zero-order chi connectivity index (χ0) is 11.1. The maximum atomic E-state index is 3.57. The van der Waals surface area contributed by atoms with Gasteiger partial charge in [0.15, 0.2) is 0 Å². The highest BCUT2D eigenvalue weighted by molar-refractivity contribution is 4.77. The predicted octanol–water partition coefficient (Wildman–Crippen LogP) is 2.50. The van der Waals surface area contributed by atoms with E-state index in [4.69, 9.17) is 0 Å². The van der Waals surface area contributed by atoms with Crippen LogP contribution in [-0.2, 0) is 0 Å². The summed E-state index contributed by atoms with van der Waals surface area (Å²) >= 11 is 0. The summed E-state index contributed by atoms with van der Waals surface area (Å²) in [4.78, 5) is 2.63. The minimum atomic E-state index is 0.740. The molecule has 1 unspecified atom stereocenters. The van der Waals surface area contributed by atoms with E-state index in [0.29, 0.717) is 0 Å². The Kier molecular flexibility index (Phi) is 6.26. The SMILES string of the molecule is CCC1CN(CCCCC(C)C)CCN1. The lowest BCUT2D eigenvalue weighted by molar-refractivity contribution is 0.193. The molecule has 2 nitrogen and oxygen atoms in total. The number of nitrogens with one attached hydrogen (secondary N) is 1. The molecule has 1 heterocycles. The summed E-state index contributed by atoms with van der Waals surface area (Å²) in [5.41, 5.74) is 0. The van der Waals surface area contributed by atoms with E-state index >= 15 is 0 Å². The minimum Gasteiger partial charge on any atom is -0.311 e. The van der Waals surface area contributed by atoms with Crippen molar-refractivity contribution in [3.05, 3.63) is 0 Å². The number of rotatable bonds is 6. The van der Waals surface area contributed by atoms with E-state index in [1.165, 1.54) is 51.9 Å². The topological polar surface area (TPSA) is 15.3 Å². The number of unbranched alkanes of at least 4 members (excludes halogenated alkanes) is 1. The first-order valence-corrected chi connectivity index (χ1v) is 6.68. The molecule has 0 aromatic rings. The molecule has 1 aliphatic heterocycles. The zero-order valence-corrected chi connectivity index (χ0v) is 10.8. The lowest BCUT2D eigenvalue weighted by Crippen LogP contribution is -2.50. The van der Waals surface area contributed by atoms with Gasteiger partial charge in [0.1, 0.15) is 0 Å². The van der Waals surface area contributed by atoms with Crippen molar-refractivity contribution in [1.82, 2.24) is 10.2 Å². The lowest BCUT2D eigenvalue weighted by atomic mass is 10.1. The summed E-state index contributed by atoms with van der Waals surface area (Å²) in [6, 6.07) is 0.740. The average Bonchev–Trinajstić information content (AvgIpc) is 2.24. The fourth-order valence-electron chi connectivity index (χ4n) is 2.26. The molecule has 0 amide bonds. The third-order valence-corrected chi connectivity index (χ3v) is 3.34. The second-order valence-electron chi connectivity index (χ2n) is 5.25. The highest BCUT2D eigenvalue weighted by atomic mass is 15.2. The number of piperazine rings is 1. The first kappa shape index (κ1) is 13.0. The highest BCUT2D eigenvalue weighted by Gasteiger charge is 2.16. The molecule has 0 aliphatic carbocycles. The van der Waals surface area contributed by atoms with Gasteiger partial charge in [-0.1, -0.05) is 33.6 Å². The fraction of sp³-hybridized carbons (Fsp3) is 1.00. The molecular formula is C13H28N2. The van der Waals surface area contributed by atoms with Crippen molar-refractivity contribution in [2.75, 3.05) is 26.2 Å². The molecule has 1 atom stereocenters. The van der Waals surface area contributed by atoms with Crippen molar-refractivity contribution in [1.29, 1.82) is 0 Å². The second-order valence-corrected chi connectivity index (χ2v) is 5.25. The van der Waals surface area contributed by atoms with Crippen molar-refractivity contribution < 1.29 is 0 Å². The van der Waals surface area contributed by atoms with Crippen LogP contribution in [0.5, 0.6) is 0 Å². The first-order chi connectivity index (χ1) is 7.22. The molecule has 0 spiro atoms. The number of hydrogen-bond donors (Lipinski definition) is 1. The number of hydrogen-bond acceptors (Lipinski definition) is 2. The van der Waals surface area contributed by atoms with Crippen LogP contribution < -0.4 is 5.32 Å². The third-order valence-electron chi connectivity index (χ3n) is 3.34. The van der Waals surface area contributed by atoms with Crippen LogP contribution in [0.2, 0.25) is 0 Å². The molecular weight excluding hydrogens is 184 g/mol. The van der Waals surface area contributed by atoms with E-state index in [1.54, 1.807) is 0 Å². The van der Waals surface area contributed by atoms with Gasteiger partial charge in [0.05, 0.1) is 0 Å². The Morgan fingerprint density at radius 3 is 2.80 bits per heavy atom. The maximum absolute atomic E-state index is 3.57. The van der Waals surface area contributed by atoms with Crippen molar-refractivity contribution in [2.24, 2.45) is 5.92 Å². The van der Waals surface area contributed by atoms with Crippen molar-refractivity contribution in [3.8, 4) is 0 Å². The molecule has 0 aromatic carbocycles. The van der Waals surface area contributed by atoms with E-state index in [-0.39, 0.29) is 0 Å². The largest absolute Gasteiger partial charge is 0.311 e. The quantitative estimate of drug-likeness (QED) is 0.681. The van der Waals surface area contributed by atoms with Gasteiger partial charge < -0.3 is 10.2 Å². The second kappa shape index (κ2) is 7.24. The molecule has 1 N–H and O–H groups in total. The molecule has 0 saturated carbocycles. The average molecular weight is 212 g/mol. The van der Waals surface area contributed by atoms with E-state index in [1.807, 2.05) is 0 Å². The normalized spacial score (nSPS) is 23.6. The van der Waals surface area contributed by atoms with E-state index in [2.05, 4.69) is 31.0 Å². The Labute approximate surface area is 95.4 Å². The van der Waals surface area contributed by atoms with Crippen LogP contribution in [-0.4, -0.2) is 37.1 Å². The van der Waals surface area contributed by atoms with E-state index < -0.39 is 0 Å². The fourth-order valence-corrected chi connectivity index (χ4v) is 2.26. The maximum Gasteiger partial charge on any atom is 0.0192 e. The molecule has 0 radical (unpaired) electrons. The van der Waals surface area contributed by atoms with E-state index in [0.717, 1.165) is 12.0 Å². The predicted molar refractivity (Wildman–Crippen MR) is 67.2 cm³/mol. The highest BCUT2D eigenvalue weighted by Crippen LogP contribution is 2.08. The minimum absolute atomic E-state index is 0.740. The molecule has 1 saturated heterocycles. The van der Waals surface area contributed by atoms with Gasteiger partial charge in [-0.3, -0.25) is 0 Å². The summed E-state index contributed by atoms with van der Waals surface area (Å²) in [5.74, 6) is 0.872. The molecule has 0 bridgehead atoms.